The van der Waals surface area contributed by atoms with Crippen LogP contribution in [0, 0.1) is 0 Å². The van der Waals surface area contributed by atoms with Crippen LogP contribution in [-0.2, 0) is 14.3 Å². The van der Waals surface area contributed by atoms with Crippen molar-refractivity contribution in [2.24, 2.45) is 0 Å². The average molecular weight is 309 g/mol. The molecule has 4 heteroatoms. The molecule has 0 spiro atoms. The van der Waals surface area contributed by atoms with Gasteiger partial charge in [0.2, 0.25) is 0 Å². The summed E-state index contributed by atoms with van der Waals surface area (Å²) in [5.74, 6) is -0.165. The van der Waals surface area contributed by atoms with Crippen LogP contribution in [0.3, 0.4) is 0 Å². The smallest absolute Gasteiger partial charge is 0.335 e. The molecule has 0 aromatic heterocycles. The monoisotopic (exact) mass is 309 g/mol. The normalized spacial score (nSPS) is 28.2. The number of hydrogen-bond donors (Lipinski definition) is 0. The first-order valence-corrected chi connectivity index (χ1v) is 9.38. The van der Waals surface area contributed by atoms with Gasteiger partial charge in [-0.2, -0.15) is 0 Å². The van der Waals surface area contributed by atoms with Crippen LogP contribution < -0.4 is 0 Å². The van der Waals surface area contributed by atoms with Crippen LogP contribution in [0.4, 0.5) is 0 Å². The molecule has 0 bridgehead atoms. The molecule has 2 saturated carbocycles. The second kappa shape index (κ2) is 8.30. The topological polar surface area (TPSA) is 38.8 Å². The van der Waals surface area contributed by atoms with Crippen molar-refractivity contribution in [3.8, 4) is 0 Å². The lowest BCUT2D eigenvalue weighted by molar-refractivity contribution is -0.147. The van der Waals surface area contributed by atoms with Gasteiger partial charge in [0.25, 0.3) is 0 Å². The Morgan fingerprint density at radius 2 is 1.50 bits per heavy atom. The Morgan fingerprint density at radius 1 is 0.909 bits per heavy atom. The summed E-state index contributed by atoms with van der Waals surface area (Å²) in [6.07, 6.45) is 14.1. The number of carbonyl (C=O) groups is 1. The van der Waals surface area contributed by atoms with E-state index < -0.39 is 0 Å². The molecule has 0 radical (unpaired) electrons. The molecule has 1 unspecified atom stereocenters. The standard InChI is InChI=1S/C18H31NO3/c20-18-17(11-13-22-18)21-14-12-19(15-7-3-1-4-8-15)16-9-5-2-6-10-16/h15-17H,1-14H2. The van der Waals surface area contributed by atoms with Crippen LogP contribution in [0.15, 0.2) is 0 Å². The van der Waals surface area contributed by atoms with Crippen LogP contribution in [0.5, 0.6) is 0 Å². The fraction of sp³-hybridized carbons (Fsp3) is 0.944. The first-order chi connectivity index (χ1) is 10.8. The third-order valence-electron chi connectivity index (χ3n) is 5.64. The molecule has 3 aliphatic rings. The molecule has 1 atom stereocenters. The highest BCUT2D eigenvalue weighted by Gasteiger charge is 2.30. The van der Waals surface area contributed by atoms with Gasteiger partial charge in [0.15, 0.2) is 6.10 Å². The van der Waals surface area contributed by atoms with Crippen molar-refractivity contribution in [1.29, 1.82) is 0 Å². The highest BCUT2D eigenvalue weighted by Crippen LogP contribution is 2.30. The van der Waals surface area contributed by atoms with Gasteiger partial charge in [-0.25, -0.2) is 4.79 Å². The van der Waals surface area contributed by atoms with E-state index in [2.05, 4.69) is 4.90 Å². The lowest BCUT2D eigenvalue weighted by Gasteiger charge is -2.41. The predicted molar refractivity (Wildman–Crippen MR) is 85.8 cm³/mol. The van der Waals surface area contributed by atoms with Crippen molar-refractivity contribution in [2.75, 3.05) is 19.8 Å². The van der Waals surface area contributed by atoms with Crippen molar-refractivity contribution in [1.82, 2.24) is 4.90 Å². The molecule has 126 valence electrons. The quantitative estimate of drug-likeness (QED) is 0.706. The average Bonchev–Trinajstić information content (AvgIpc) is 2.98. The van der Waals surface area contributed by atoms with Gasteiger partial charge in [0.05, 0.1) is 13.2 Å². The lowest BCUT2D eigenvalue weighted by Crippen LogP contribution is -2.47. The molecule has 4 nitrogen and oxygen atoms in total. The second-order valence-electron chi connectivity index (χ2n) is 7.14. The molecule has 22 heavy (non-hydrogen) atoms. The fourth-order valence-electron chi connectivity index (χ4n) is 4.42. The highest BCUT2D eigenvalue weighted by atomic mass is 16.6. The second-order valence-corrected chi connectivity index (χ2v) is 7.14. The number of hydrogen-bond acceptors (Lipinski definition) is 4. The third kappa shape index (κ3) is 4.23. The number of nitrogens with zero attached hydrogens (tertiary/aromatic N) is 1. The van der Waals surface area contributed by atoms with Crippen LogP contribution in [0.1, 0.15) is 70.6 Å². The highest BCUT2D eigenvalue weighted by molar-refractivity contribution is 5.76. The Kier molecular flexibility index (Phi) is 6.13. The zero-order valence-electron chi connectivity index (χ0n) is 13.8. The number of carbonyl (C=O) groups excluding carboxylic acids is 1. The molecule has 0 amide bonds. The van der Waals surface area contributed by atoms with E-state index in [-0.39, 0.29) is 12.1 Å². The van der Waals surface area contributed by atoms with Crippen molar-refractivity contribution in [2.45, 2.75) is 88.8 Å². The largest absolute Gasteiger partial charge is 0.464 e. The summed E-state index contributed by atoms with van der Waals surface area (Å²) in [4.78, 5) is 14.2. The van der Waals surface area contributed by atoms with Crippen molar-refractivity contribution >= 4 is 5.97 Å². The van der Waals surface area contributed by atoms with E-state index >= 15 is 0 Å². The summed E-state index contributed by atoms with van der Waals surface area (Å²) < 4.78 is 10.8. The number of cyclic esters (lactones) is 1. The molecule has 0 aromatic rings. The van der Waals surface area contributed by atoms with E-state index in [1.807, 2.05) is 0 Å². The van der Waals surface area contributed by atoms with E-state index in [1.165, 1.54) is 64.2 Å². The van der Waals surface area contributed by atoms with E-state index in [1.54, 1.807) is 0 Å². The van der Waals surface area contributed by atoms with Gasteiger partial charge in [-0.3, -0.25) is 4.90 Å². The zero-order valence-corrected chi connectivity index (χ0v) is 13.8. The Bertz CT molecular complexity index is 330. The van der Waals surface area contributed by atoms with Gasteiger partial charge >= 0.3 is 5.97 Å². The molecular weight excluding hydrogens is 278 g/mol. The maximum Gasteiger partial charge on any atom is 0.335 e. The summed E-state index contributed by atoms with van der Waals surface area (Å²) in [6.45, 7) is 2.18. The maximum atomic E-state index is 11.5. The molecule has 3 rings (SSSR count). The van der Waals surface area contributed by atoms with Crippen LogP contribution >= 0.6 is 0 Å². The molecule has 0 N–H and O–H groups in total. The lowest BCUT2D eigenvalue weighted by atomic mass is 9.88. The molecule has 1 heterocycles. The number of ether oxygens (including phenoxy) is 2. The number of esters is 1. The van der Waals surface area contributed by atoms with Crippen LogP contribution in [-0.4, -0.2) is 48.8 Å². The van der Waals surface area contributed by atoms with Crippen LogP contribution in [0.2, 0.25) is 0 Å². The molecule has 1 saturated heterocycles. The van der Waals surface area contributed by atoms with E-state index in [9.17, 15) is 4.79 Å². The van der Waals surface area contributed by atoms with E-state index in [0.717, 1.165) is 25.0 Å². The SMILES string of the molecule is O=C1OCCC1OCCN(C1CCCCC1)C1CCCCC1. The van der Waals surface area contributed by atoms with Gasteiger partial charge in [0.1, 0.15) is 0 Å². The minimum Gasteiger partial charge on any atom is -0.464 e. The Labute approximate surface area is 134 Å². The third-order valence-corrected chi connectivity index (χ3v) is 5.64. The minimum absolute atomic E-state index is 0.165. The van der Waals surface area contributed by atoms with Gasteiger partial charge in [-0.1, -0.05) is 38.5 Å². The van der Waals surface area contributed by atoms with Gasteiger partial charge in [-0.15, -0.1) is 0 Å². The Balaban J connectivity index is 1.51. The van der Waals surface area contributed by atoms with Crippen LogP contribution in [0.25, 0.3) is 0 Å². The van der Waals surface area contributed by atoms with Crippen molar-refractivity contribution in [3.05, 3.63) is 0 Å². The summed E-state index contributed by atoms with van der Waals surface area (Å²) in [5, 5.41) is 0. The maximum absolute atomic E-state index is 11.5. The molecule has 3 fully saturated rings. The van der Waals surface area contributed by atoms with E-state index in [0.29, 0.717) is 13.2 Å². The minimum atomic E-state index is -0.306. The Hall–Kier alpha value is -0.610. The van der Waals surface area contributed by atoms with Gasteiger partial charge < -0.3 is 9.47 Å². The summed E-state index contributed by atoms with van der Waals surface area (Å²) >= 11 is 0. The van der Waals surface area contributed by atoms with Gasteiger partial charge in [-0.05, 0) is 25.7 Å². The molecule has 1 aliphatic heterocycles. The van der Waals surface area contributed by atoms with Crippen molar-refractivity contribution in [3.63, 3.8) is 0 Å². The van der Waals surface area contributed by atoms with Gasteiger partial charge in [0, 0.05) is 25.0 Å². The first kappa shape index (κ1) is 16.3. The summed E-state index contributed by atoms with van der Waals surface area (Å²) in [6, 6.07) is 1.49. The predicted octanol–water partition coefficient (Wildman–Crippen LogP) is 3.29. The van der Waals surface area contributed by atoms with Crippen molar-refractivity contribution < 1.29 is 14.3 Å². The fourth-order valence-corrected chi connectivity index (χ4v) is 4.42. The zero-order chi connectivity index (χ0) is 15.2. The molecule has 0 aromatic carbocycles. The molecular formula is C18H31NO3. The van der Waals surface area contributed by atoms with E-state index in [4.69, 9.17) is 9.47 Å². The molecule has 2 aliphatic carbocycles. The Morgan fingerprint density at radius 3 is 2.00 bits per heavy atom. The number of rotatable bonds is 6. The summed E-state index contributed by atoms with van der Waals surface area (Å²) in [5.41, 5.74) is 0. The summed E-state index contributed by atoms with van der Waals surface area (Å²) in [7, 11) is 0. The first-order valence-electron chi connectivity index (χ1n) is 9.38.